The van der Waals surface area contributed by atoms with Crippen molar-refractivity contribution in [3.8, 4) is 22.8 Å². The first-order valence-electron chi connectivity index (χ1n) is 10.4. The highest BCUT2D eigenvalue weighted by Gasteiger charge is 2.13. The molecule has 0 saturated carbocycles. The predicted molar refractivity (Wildman–Crippen MR) is 122 cm³/mol. The van der Waals surface area contributed by atoms with Crippen LogP contribution in [0.2, 0.25) is 0 Å². The predicted octanol–water partition coefficient (Wildman–Crippen LogP) is 5.22. The highest BCUT2D eigenvalue weighted by atomic mass is 16.5. The Bertz CT molecular complexity index is 1020. The molecular formula is C26H29NO4. The monoisotopic (exact) mass is 419 g/mol. The quantitative estimate of drug-likeness (QED) is 0.482. The molecule has 1 aromatic heterocycles. The molecule has 0 bridgehead atoms. The normalized spacial score (nSPS) is 11.8. The SMILES string of the molecule is Cc1cc(OCC[C@H](C)O)cc(C)c1-c1cccc(COc2ccc(C=O)cn2)c1C. The van der Waals surface area contributed by atoms with Crippen LogP contribution in [0.3, 0.4) is 0 Å². The molecule has 1 heterocycles. The van der Waals surface area contributed by atoms with Crippen LogP contribution in [0.1, 0.15) is 46.0 Å². The minimum absolute atomic E-state index is 0.368. The lowest BCUT2D eigenvalue weighted by molar-refractivity contribution is 0.112. The molecule has 0 aliphatic rings. The summed E-state index contributed by atoms with van der Waals surface area (Å²) in [5.41, 5.74) is 7.39. The number of hydrogen-bond acceptors (Lipinski definition) is 5. The molecule has 162 valence electrons. The lowest BCUT2D eigenvalue weighted by Gasteiger charge is -2.18. The molecule has 0 aliphatic carbocycles. The minimum atomic E-state index is -0.368. The van der Waals surface area contributed by atoms with E-state index in [4.69, 9.17) is 9.47 Å². The maximum absolute atomic E-state index is 10.8. The third-order valence-corrected chi connectivity index (χ3v) is 5.30. The Morgan fingerprint density at radius 1 is 1.06 bits per heavy atom. The molecule has 5 heteroatoms. The van der Waals surface area contributed by atoms with E-state index < -0.39 is 0 Å². The summed E-state index contributed by atoms with van der Waals surface area (Å²) in [4.78, 5) is 14.9. The van der Waals surface area contributed by atoms with Gasteiger partial charge in [0, 0.05) is 24.2 Å². The lowest BCUT2D eigenvalue weighted by atomic mass is 9.90. The van der Waals surface area contributed by atoms with Gasteiger partial charge in [0.15, 0.2) is 6.29 Å². The standard InChI is InChI=1S/C26H29NO4/c1-17-12-23(30-11-10-19(3)29)13-18(2)26(17)24-7-5-6-22(20(24)4)16-31-25-9-8-21(15-28)14-27-25/h5-9,12-15,19,29H,10-11,16H2,1-4H3/t19-/m0/s1. The van der Waals surface area contributed by atoms with Gasteiger partial charge in [-0.15, -0.1) is 0 Å². The van der Waals surface area contributed by atoms with Crippen molar-refractivity contribution >= 4 is 6.29 Å². The second-order valence-electron chi connectivity index (χ2n) is 7.84. The largest absolute Gasteiger partial charge is 0.493 e. The van der Waals surface area contributed by atoms with E-state index in [0.717, 1.165) is 39.9 Å². The van der Waals surface area contributed by atoms with Gasteiger partial charge < -0.3 is 14.6 Å². The van der Waals surface area contributed by atoms with Crippen LogP contribution in [-0.2, 0) is 6.61 Å². The summed E-state index contributed by atoms with van der Waals surface area (Å²) in [7, 11) is 0. The lowest BCUT2D eigenvalue weighted by Crippen LogP contribution is -2.08. The second kappa shape index (κ2) is 10.2. The average molecular weight is 420 g/mol. The van der Waals surface area contributed by atoms with E-state index in [1.165, 1.54) is 11.8 Å². The number of carbonyl (C=O) groups excluding carboxylic acids is 1. The number of aldehydes is 1. The first-order valence-corrected chi connectivity index (χ1v) is 10.4. The highest BCUT2D eigenvalue weighted by molar-refractivity contribution is 5.75. The van der Waals surface area contributed by atoms with E-state index in [0.29, 0.717) is 31.1 Å². The molecule has 0 aliphatic heterocycles. The third kappa shape index (κ3) is 5.70. The van der Waals surface area contributed by atoms with E-state index in [1.807, 2.05) is 18.2 Å². The van der Waals surface area contributed by atoms with Gasteiger partial charge in [0.1, 0.15) is 12.4 Å². The molecule has 0 saturated heterocycles. The zero-order valence-corrected chi connectivity index (χ0v) is 18.5. The number of carbonyl (C=O) groups is 1. The van der Waals surface area contributed by atoms with Gasteiger partial charge in [-0.2, -0.15) is 0 Å². The number of aliphatic hydroxyl groups excluding tert-OH is 1. The fourth-order valence-electron chi connectivity index (χ4n) is 3.59. The van der Waals surface area contributed by atoms with Crippen molar-refractivity contribution in [3.05, 3.63) is 76.5 Å². The number of ether oxygens (including phenoxy) is 2. The molecule has 1 atom stereocenters. The van der Waals surface area contributed by atoms with Crippen LogP contribution in [0.15, 0.2) is 48.7 Å². The number of aromatic nitrogens is 1. The van der Waals surface area contributed by atoms with Gasteiger partial charge >= 0.3 is 0 Å². The van der Waals surface area contributed by atoms with Crippen LogP contribution in [0.4, 0.5) is 0 Å². The third-order valence-electron chi connectivity index (χ3n) is 5.30. The maximum Gasteiger partial charge on any atom is 0.213 e. The topological polar surface area (TPSA) is 68.7 Å². The molecule has 0 spiro atoms. The summed E-state index contributed by atoms with van der Waals surface area (Å²) in [6, 6.07) is 13.7. The van der Waals surface area contributed by atoms with Crippen molar-refractivity contribution in [2.75, 3.05) is 6.61 Å². The van der Waals surface area contributed by atoms with Crippen molar-refractivity contribution in [2.45, 2.75) is 46.8 Å². The molecule has 2 aromatic carbocycles. The number of pyridine rings is 1. The van der Waals surface area contributed by atoms with Gasteiger partial charge in [-0.3, -0.25) is 4.79 Å². The van der Waals surface area contributed by atoms with Crippen molar-refractivity contribution in [1.82, 2.24) is 4.98 Å². The van der Waals surface area contributed by atoms with Crippen LogP contribution in [-0.4, -0.2) is 29.1 Å². The summed E-state index contributed by atoms with van der Waals surface area (Å²) in [5, 5.41) is 9.42. The Balaban J connectivity index is 1.80. The van der Waals surface area contributed by atoms with Gasteiger partial charge in [-0.1, -0.05) is 18.2 Å². The first-order chi connectivity index (χ1) is 14.9. The molecule has 0 amide bonds. The number of benzene rings is 2. The molecule has 3 aromatic rings. The van der Waals surface area contributed by atoms with Crippen molar-refractivity contribution < 1.29 is 19.4 Å². The molecule has 0 fully saturated rings. The Morgan fingerprint density at radius 2 is 1.81 bits per heavy atom. The summed E-state index contributed by atoms with van der Waals surface area (Å²) < 4.78 is 11.7. The molecule has 0 unspecified atom stereocenters. The average Bonchev–Trinajstić information content (AvgIpc) is 2.73. The van der Waals surface area contributed by atoms with E-state index in [2.05, 4.69) is 37.9 Å². The van der Waals surface area contributed by atoms with Crippen LogP contribution >= 0.6 is 0 Å². The van der Waals surface area contributed by atoms with E-state index >= 15 is 0 Å². The van der Waals surface area contributed by atoms with Crippen LogP contribution < -0.4 is 9.47 Å². The Morgan fingerprint density at radius 3 is 2.42 bits per heavy atom. The smallest absolute Gasteiger partial charge is 0.213 e. The second-order valence-corrected chi connectivity index (χ2v) is 7.84. The number of nitrogens with zero attached hydrogens (tertiary/aromatic N) is 1. The number of aryl methyl sites for hydroxylation is 2. The summed E-state index contributed by atoms with van der Waals surface area (Å²) in [6.07, 6.45) is 2.50. The molecule has 3 rings (SSSR count). The van der Waals surface area contributed by atoms with Crippen LogP contribution in [0.25, 0.3) is 11.1 Å². The Labute approximate surface area is 183 Å². The Kier molecular flexibility index (Phi) is 7.42. The van der Waals surface area contributed by atoms with Gasteiger partial charge in [-0.25, -0.2) is 4.98 Å². The van der Waals surface area contributed by atoms with Gasteiger partial charge in [0.2, 0.25) is 5.88 Å². The molecule has 31 heavy (non-hydrogen) atoms. The highest BCUT2D eigenvalue weighted by Crippen LogP contribution is 2.34. The minimum Gasteiger partial charge on any atom is -0.493 e. The summed E-state index contributed by atoms with van der Waals surface area (Å²) in [5.74, 6) is 1.31. The van der Waals surface area contributed by atoms with E-state index in [1.54, 1.807) is 19.1 Å². The molecule has 5 nitrogen and oxygen atoms in total. The van der Waals surface area contributed by atoms with E-state index in [9.17, 15) is 9.90 Å². The molecule has 0 radical (unpaired) electrons. The van der Waals surface area contributed by atoms with Gasteiger partial charge in [0.05, 0.1) is 12.7 Å². The Hall–Kier alpha value is -3.18. The summed E-state index contributed by atoms with van der Waals surface area (Å²) in [6.45, 7) is 8.92. The van der Waals surface area contributed by atoms with Crippen molar-refractivity contribution in [3.63, 3.8) is 0 Å². The number of rotatable bonds is 9. The van der Waals surface area contributed by atoms with Crippen LogP contribution in [0.5, 0.6) is 11.6 Å². The van der Waals surface area contributed by atoms with E-state index in [-0.39, 0.29) is 6.10 Å². The summed E-state index contributed by atoms with van der Waals surface area (Å²) >= 11 is 0. The van der Waals surface area contributed by atoms with Gasteiger partial charge in [-0.05, 0) is 79.3 Å². The first kappa shape index (κ1) is 22.5. The molecular weight excluding hydrogens is 390 g/mol. The zero-order chi connectivity index (χ0) is 22.4. The number of aliphatic hydroxyl groups is 1. The van der Waals surface area contributed by atoms with Crippen molar-refractivity contribution in [2.24, 2.45) is 0 Å². The zero-order valence-electron chi connectivity index (χ0n) is 18.5. The fourth-order valence-corrected chi connectivity index (χ4v) is 3.59. The van der Waals surface area contributed by atoms with Crippen LogP contribution in [0, 0.1) is 20.8 Å². The molecule has 1 N–H and O–H groups in total. The van der Waals surface area contributed by atoms with Gasteiger partial charge in [0.25, 0.3) is 0 Å². The van der Waals surface area contributed by atoms with Crippen molar-refractivity contribution in [1.29, 1.82) is 0 Å². The number of hydrogen-bond donors (Lipinski definition) is 1. The maximum atomic E-state index is 10.8. The fraction of sp³-hybridized carbons (Fsp3) is 0.308.